The van der Waals surface area contributed by atoms with Gasteiger partial charge in [-0.2, -0.15) is 4.98 Å². The molecular formula is C11H9Cl2N5O2. The first kappa shape index (κ1) is 14.3. The number of rotatable bonds is 3. The van der Waals surface area contributed by atoms with Crippen molar-refractivity contribution in [1.82, 2.24) is 9.97 Å². The molecule has 0 spiro atoms. The summed E-state index contributed by atoms with van der Waals surface area (Å²) in [7, 11) is 0. The van der Waals surface area contributed by atoms with Crippen LogP contribution in [0.2, 0.25) is 10.0 Å². The van der Waals surface area contributed by atoms with Crippen molar-refractivity contribution < 1.29 is 4.92 Å². The number of benzene rings is 1. The molecule has 0 bridgehead atoms. The van der Waals surface area contributed by atoms with Crippen molar-refractivity contribution in [3.63, 3.8) is 0 Å². The number of halogens is 2. The molecule has 0 radical (unpaired) electrons. The molecule has 2 rings (SSSR count). The van der Waals surface area contributed by atoms with Gasteiger partial charge in [0, 0.05) is 15.7 Å². The minimum atomic E-state index is -0.580. The van der Waals surface area contributed by atoms with Crippen LogP contribution < -0.4 is 11.1 Å². The molecule has 1 heterocycles. The summed E-state index contributed by atoms with van der Waals surface area (Å²) < 4.78 is 0. The van der Waals surface area contributed by atoms with Crippen molar-refractivity contribution in [3.05, 3.63) is 44.1 Å². The van der Waals surface area contributed by atoms with Gasteiger partial charge in [-0.3, -0.25) is 10.1 Å². The number of nitrogens with zero attached hydrogens (tertiary/aromatic N) is 3. The second kappa shape index (κ2) is 5.48. The highest BCUT2D eigenvalue weighted by molar-refractivity contribution is 6.35. The predicted molar refractivity (Wildman–Crippen MR) is 77.6 cm³/mol. The van der Waals surface area contributed by atoms with Crippen molar-refractivity contribution in [3.8, 4) is 0 Å². The maximum atomic E-state index is 11.1. The van der Waals surface area contributed by atoms with Crippen LogP contribution in [0.25, 0.3) is 0 Å². The van der Waals surface area contributed by atoms with Gasteiger partial charge < -0.3 is 11.1 Å². The third-order valence-corrected chi connectivity index (χ3v) is 2.82. The van der Waals surface area contributed by atoms with Gasteiger partial charge in [-0.1, -0.05) is 23.2 Å². The molecule has 3 N–H and O–H groups in total. The number of nitrogens with two attached hydrogens (primary N) is 1. The Morgan fingerprint density at radius 2 is 1.85 bits per heavy atom. The van der Waals surface area contributed by atoms with E-state index in [1.54, 1.807) is 18.2 Å². The molecule has 7 nitrogen and oxygen atoms in total. The standard InChI is InChI=1S/C11H9Cl2N5O2/c1-5-9(18(19)20)10(17-11(14)15-5)16-8-3-6(12)2-7(13)4-8/h2-4H,1H3,(H3,14,15,16,17). The van der Waals surface area contributed by atoms with Crippen LogP contribution in [0.1, 0.15) is 5.69 Å². The molecule has 1 aromatic heterocycles. The van der Waals surface area contributed by atoms with Crippen LogP contribution in [0.4, 0.5) is 23.1 Å². The fourth-order valence-electron chi connectivity index (χ4n) is 1.66. The Morgan fingerprint density at radius 3 is 2.40 bits per heavy atom. The van der Waals surface area contributed by atoms with E-state index in [1.165, 1.54) is 6.92 Å². The van der Waals surface area contributed by atoms with E-state index in [2.05, 4.69) is 15.3 Å². The number of anilines is 3. The molecule has 0 aliphatic rings. The lowest BCUT2D eigenvalue weighted by atomic mass is 10.3. The van der Waals surface area contributed by atoms with Gasteiger partial charge in [-0.15, -0.1) is 0 Å². The van der Waals surface area contributed by atoms with Crippen LogP contribution in [0.15, 0.2) is 18.2 Å². The zero-order valence-electron chi connectivity index (χ0n) is 10.2. The van der Waals surface area contributed by atoms with E-state index in [9.17, 15) is 10.1 Å². The van der Waals surface area contributed by atoms with E-state index in [4.69, 9.17) is 28.9 Å². The highest BCUT2D eigenvalue weighted by Gasteiger charge is 2.21. The fourth-order valence-corrected chi connectivity index (χ4v) is 2.18. The van der Waals surface area contributed by atoms with E-state index in [1.807, 2.05) is 0 Å². The van der Waals surface area contributed by atoms with Crippen LogP contribution in [-0.2, 0) is 0 Å². The molecule has 0 atom stereocenters. The lowest BCUT2D eigenvalue weighted by Gasteiger charge is -2.09. The lowest BCUT2D eigenvalue weighted by molar-refractivity contribution is -0.385. The summed E-state index contributed by atoms with van der Waals surface area (Å²) in [4.78, 5) is 18.1. The quantitative estimate of drug-likeness (QED) is 0.664. The monoisotopic (exact) mass is 313 g/mol. The lowest BCUT2D eigenvalue weighted by Crippen LogP contribution is -2.07. The maximum absolute atomic E-state index is 11.1. The van der Waals surface area contributed by atoms with Crippen molar-refractivity contribution in [2.75, 3.05) is 11.1 Å². The van der Waals surface area contributed by atoms with Gasteiger partial charge in [0.15, 0.2) is 0 Å². The zero-order valence-corrected chi connectivity index (χ0v) is 11.7. The largest absolute Gasteiger partial charge is 0.368 e. The third-order valence-electron chi connectivity index (χ3n) is 2.38. The molecule has 0 unspecified atom stereocenters. The number of nitrogen functional groups attached to an aromatic ring is 1. The summed E-state index contributed by atoms with van der Waals surface area (Å²) in [6.07, 6.45) is 0. The van der Waals surface area contributed by atoms with Crippen molar-refractivity contribution in [2.24, 2.45) is 0 Å². The Balaban J connectivity index is 2.49. The SMILES string of the molecule is Cc1nc(N)nc(Nc2cc(Cl)cc(Cl)c2)c1[N+](=O)[O-]. The number of hydrogen-bond donors (Lipinski definition) is 2. The number of nitrogens with one attached hydrogen (secondary N) is 1. The molecule has 0 saturated carbocycles. The topological polar surface area (TPSA) is 107 Å². The Kier molecular flexibility index (Phi) is 3.91. The predicted octanol–water partition coefficient (Wildman–Crippen LogP) is 3.33. The van der Waals surface area contributed by atoms with Crippen LogP contribution in [-0.4, -0.2) is 14.9 Å². The van der Waals surface area contributed by atoms with Crippen molar-refractivity contribution in [2.45, 2.75) is 6.92 Å². The van der Waals surface area contributed by atoms with E-state index in [0.29, 0.717) is 15.7 Å². The molecule has 0 amide bonds. The highest BCUT2D eigenvalue weighted by atomic mass is 35.5. The molecule has 104 valence electrons. The van der Waals surface area contributed by atoms with Crippen LogP contribution in [0.3, 0.4) is 0 Å². The van der Waals surface area contributed by atoms with Gasteiger partial charge in [0.2, 0.25) is 11.8 Å². The summed E-state index contributed by atoms with van der Waals surface area (Å²) in [6, 6.07) is 4.66. The summed E-state index contributed by atoms with van der Waals surface area (Å²) in [5.41, 5.74) is 5.88. The van der Waals surface area contributed by atoms with Crippen molar-refractivity contribution >= 4 is 46.3 Å². The zero-order chi connectivity index (χ0) is 14.9. The van der Waals surface area contributed by atoms with E-state index < -0.39 is 4.92 Å². The van der Waals surface area contributed by atoms with E-state index >= 15 is 0 Å². The number of nitro groups is 1. The second-order valence-electron chi connectivity index (χ2n) is 3.90. The molecule has 0 aliphatic carbocycles. The molecule has 20 heavy (non-hydrogen) atoms. The number of aromatic nitrogens is 2. The molecule has 0 aliphatic heterocycles. The fraction of sp³-hybridized carbons (Fsp3) is 0.0909. The summed E-state index contributed by atoms with van der Waals surface area (Å²) in [6.45, 7) is 1.48. The molecule has 0 saturated heterocycles. The van der Waals surface area contributed by atoms with Crippen LogP contribution in [0, 0.1) is 17.0 Å². The third kappa shape index (κ3) is 3.06. The Bertz CT molecular complexity index is 673. The Morgan fingerprint density at radius 1 is 1.25 bits per heavy atom. The first-order chi connectivity index (χ1) is 9.36. The molecular weight excluding hydrogens is 305 g/mol. The van der Waals surface area contributed by atoms with Crippen LogP contribution in [0.5, 0.6) is 0 Å². The summed E-state index contributed by atoms with van der Waals surface area (Å²) >= 11 is 11.7. The van der Waals surface area contributed by atoms with Gasteiger partial charge >= 0.3 is 5.69 Å². The second-order valence-corrected chi connectivity index (χ2v) is 4.78. The average Bonchev–Trinajstić information content (AvgIpc) is 2.25. The van der Waals surface area contributed by atoms with Crippen LogP contribution >= 0.6 is 23.2 Å². The van der Waals surface area contributed by atoms with Gasteiger partial charge in [0.05, 0.1) is 4.92 Å². The van der Waals surface area contributed by atoms with E-state index in [0.717, 1.165) is 0 Å². The maximum Gasteiger partial charge on any atom is 0.332 e. The number of aryl methyl sites for hydroxylation is 1. The highest BCUT2D eigenvalue weighted by Crippen LogP contribution is 2.30. The van der Waals surface area contributed by atoms with E-state index in [-0.39, 0.29) is 23.1 Å². The molecule has 9 heteroatoms. The summed E-state index contributed by atoms with van der Waals surface area (Å²) in [5, 5.41) is 14.6. The average molecular weight is 314 g/mol. The minimum absolute atomic E-state index is 0.0154. The van der Waals surface area contributed by atoms with Gasteiger partial charge in [0.1, 0.15) is 5.69 Å². The van der Waals surface area contributed by atoms with Gasteiger partial charge in [0.25, 0.3) is 0 Å². The van der Waals surface area contributed by atoms with Gasteiger partial charge in [-0.25, -0.2) is 4.98 Å². The first-order valence-corrected chi connectivity index (χ1v) is 6.14. The Hall–Kier alpha value is -2.12. The molecule has 0 fully saturated rings. The summed E-state index contributed by atoms with van der Waals surface area (Å²) in [5.74, 6) is -0.0814. The van der Waals surface area contributed by atoms with Crippen molar-refractivity contribution in [1.29, 1.82) is 0 Å². The Labute approximate surface area is 123 Å². The number of hydrogen-bond acceptors (Lipinski definition) is 6. The normalized spacial score (nSPS) is 10.3. The first-order valence-electron chi connectivity index (χ1n) is 5.38. The molecule has 1 aromatic carbocycles. The minimum Gasteiger partial charge on any atom is -0.368 e. The smallest absolute Gasteiger partial charge is 0.332 e. The van der Waals surface area contributed by atoms with Gasteiger partial charge in [-0.05, 0) is 25.1 Å². The molecule has 2 aromatic rings.